The molecule has 1 aliphatic rings. The third kappa shape index (κ3) is 6.71. The molecular weight excluding hydrogens is 398 g/mol. The Bertz CT molecular complexity index is 772. The molecule has 0 heterocycles. The van der Waals surface area contributed by atoms with Crippen molar-refractivity contribution in [2.45, 2.75) is 90.6 Å². The molecule has 0 saturated heterocycles. The van der Waals surface area contributed by atoms with Gasteiger partial charge in [0, 0.05) is 35.9 Å². The van der Waals surface area contributed by atoms with Crippen LogP contribution in [0.15, 0.2) is 24.3 Å². The van der Waals surface area contributed by atoms with E-state index in [9.17, 15) is 13.2 Å². The van der Waals surface area contributed by atoms with Crippen LogP contribution in [-0.4, -0.2) is 49.1 Å². The van der Waals surface area contributed by atoms with E-state index in [0.29, 0.717) is 11.5 Å². The van der Waals surface area contributed by atoms with Crippen molar-refractivity contribution in [3.8, 4) is 0 Å². The van der Waals surface area contributed by atoms with E-state index in [1.165, 1.54) is 0 Å². The summed E-state index contributed by atoms with van der Waals surface area (Å²) < 4.78 is 26.9. The van der Waals surface area contributed by atoms with E-state index >= 15 is 0 Å². The molecule has 7 heteroatoms. The van der Waals surface area contributed by atoms with E-state index in [2.05, 4.69) is 10.0 Å². The number of hydrogen-bond acceptors (Lipinski definition) is 4. The van der Waals surface area contributed by atoms with Crippen LogP contribution in [0.2, 0.25) is 0 Å². The number of anilines is 1. The molecule has 1 aromatic rings. The SMILES string of the molecule is CC(C)N(C(=O)c1ccc(NCC2CCC(NS(=O)(=O)C(C)C)CC2)cc1)C(C)C. The Balaban J connectivity index is 1.83. The number of nitrogens with one attached hydrogen (secondary N) is 2. The first-order chi connectivity index (χ1) is 14.0. The van der Waals surface area contributed by atoms with Crippen molar-refractivity contribution < 1.29 is 13.2 Å². The van der Waals surface area contributed by atoms with E-state index in [1.54, 1.807) is 13.8 Å². The normalized spacial score (nSPS) is 20.0. The summed E-state index contributed by atoms with van der Waals surface area (Å²) in [5.41, 5.74) is 1.72. The average molecular weight is 438 g/mol. The van der Waals surface area contributed by atoms with Gasteiger partial charge in [-0.2, -0.15) is 0 Å². The van der Waals surface area contributed by atoms with Crippen molar-refractivity contribution in [3.05, 3.63) is 29.8 Å². The van der Waals surface area contributed by atoms with Crippen LogP contribution in [0.25, 0.3) is 0 Å². The Kier molecular flexibility index (Phi) is 8.73. The number of benzene rings is 1. The molecule has 1 aromatic carbocycles. The van der Waals surface area contributed by atoms with Crippen molar-refractivity contribution in [1.82, 2.24) is 9.62 Å². The Hall–Kier alpha value is -1.60. The zero-order valence-electron chi connectivity index (χ0n) is 19.3. The number of rotatable bonds is 9. The number of nitrogens with zero attached hydrogens (tertiary/aromatic N) is 1. The summed E-state index contributed by atoms with van der Waals surface area (Å²) in [4.78, 5) is 14.7. The maximum atomic E-state index is 12.8. The van der Waals surface area contributed by atoms with E-state index in [-0.39, 0.29) is 29.3 Å². The van der Waals surface area contributed by atoms with Crippen molar-refractivity contribution in [3.63, 3.8) is 0 Å². The first kappa shape index (κ1) is 24.7. The van der Waals surface area contributed by atoms with Gasteiger partial charge in [-0.15, -0.1) is 0 Å². The number of amides is 1. The summed E-state index contributed by atoms with van der Waals surface area (Å²) in [5.74, 6) is 0.595. The monoisotopic (exact) mass is 437 g/mol. The molecule has 0 atom stereocenters. The maximum Gasteiger partial charge on any atom is 0.254 e. The van der Waals surface area contributed by atoms with Gasteiger partial charge in [0.2, 0.25) is 10.0 Å². The first-order valence-corrected chi connectivity index (χ1v) is 12.7. The van der Waals surface area contributed by atoms with Crippen LogP contribution in [0.5, 0.6) is 0 Å². The summed E-state index contributed by atoms with van der Waals surface area (Å²) in [7, 11) is -3.20. The summed E-state index contributed by atoms with van der Waals surface area (Å²) >= 11 is 0. The molecule has 1 aliphatic carbocycles. The smallest absolute Gasteiger partial charge is 0.254 e. The summed E-state index contributed by atoms with van der Waals surface area (Å²) in [5, 5.41) is 3.08. The summed E-state index contributed by atoms with van der Waals surface area (Å²) in [6.07, 6.45) is 3.77. The molecule has 6 nitrogen and oxygen atoms in total. The highest BCUT2D eigenvalue weighted by Gasteiger charge is 2.26. The second-order valence-electron chi connectivity index (χ2n) is 9.29. The van der Waals surface area contributed by atoms with Crippen molar-refractivity contribution in [2.75, 3.05) is 11.9 Å². The molecule has 1 fully saturated rings. The lowest BCUT2D eigenvalue weighted by atomic mass is 9.86. The molecule has 1 saturated carbocycles. The minimum absolute atomic E-state index is 0.0591. The standard InChI is InChI=1S/C23H39N3O3S/c1-16(2)26(17(3)4)23(27)20-9-13-21(14-10-20)24-15-19-7-11-22(12-8-19)25-30(28,29)18(5)6/h9-10,13-14,16-19,22,24-25H,7-8,11-12,15H2,1-6H3. The molecule has 0 aliphatic heterocycles. The Morgan fingerprint density at radius 3 is 1.97 bits per heavy atom. The molecule has 0 bridgehead atoms. The van der Waals surface area contributed by atoms with Gasteiger partial charge in [0.25, 0.3) is 5.91 Å². The zero-order chi connectivity index (χ0) is 22.5. The highest BCUT2D eigenvalue weighted by Crippen LogP contribution is 2.26. The van der Waals surface area contributed by atoms with Crippen molar-refractivity contribution in [1.29, 1.82) is 0 Å². The van der Waals surface area contributed by atoms with Crippen molar-refractivity contribution in [2.24, 2.45) is 5.92 Å². The van der Waals surface area contributed by atoms with E-state index in [4.69, 9.17) is 0 Å². The van der Waals surface area contributed by atoms with Gasteiger partial charge in [0.05, 0.1) is 5.25 Å². The van der Waals surface area contributed by atoms with E-state index in [0.717, 1.165) is 37.9 Å². The quantitative estimate of drug-likeness (QED) is 0.605. The van der Waals surface area contributed by atoms with Crippen LogP contribution in [0.4, 0.5) is 5.69 Å². The molecular formula is C23H39N3O3S. The fraction of sp³-hybridized carbons (Fsp3) is 0.696. The average Bonchev–Trinajstić information content (AvgIpc) is 2.67. The predicted molar refractivity (Wildman–Crippen MR) is 124 cm³/mol. The summed E-state index contributed by atoms with van der Waals surface area (Å²) in [6, 6.07) is 8.10. The third-order valence-corrected chi connectivity index (χ3v) is 7.78. The third-order valence-electron chi connectivity index (χ3n) is 5.87. The largest absolute Gasteiger partial charge is 0.385 e. The summed E-state index contributed by atoms with van der Waals surface area (Å²) in [6.45, 7) is 12.4. The zero-order valence-corrected chi connectivity index (χ0v) is 20.1. The molecule has 30 heavy (non-hydrogen) atoms. The van der Waals surface area contributed by atoms with Gasteiger partial charge in [-0.05, 0) is 97.4 Å². The van der Waals surface area contributed by atoms with Crippen LogP contribution in [0, 0.1) is 5.92 Å². The molecule has 170 valence electrons. The Morgan fingerprint density at radius 1 is 0.967 bits per heavy atom. The predicted octanol–water partition coefficient (Wildman–Crippen LogP) is 4.24. The van der Waals surface area contributed by atoms with E-state index in [1.807, 2.05) is 56.9 Å². The lowest BCUT2D eigenvalue weighted by Gasteiger charge is -2.31. The highest BCUT2D eigenvalue weighted by atomic mass is 32.2. The van der Waals surface area contributed by atoms with Crippen LogP contribution >= 0.6 is 0 Å². The molecule has 2 rings (SSSR count). The van der Waals surface area contributed by atoms with Gasteiger partial charge in [-0.1, -0.05) is 0 Å². The van der Waals surface area contributed by atoms with Gasteiger partial charge in [0.15, 0.2) is 0 Å². The van der Waals surface area contributed by atoms with Crippen LogP contribution in [-0.2, 0) is 10.0 Å². The molecule has 1 amide bonds. The fourth-order valence-electron chi connectivity index (χ4n) is 4.06. The molecule has 0 radical (unpaired) electrons. The maximum absolute atomic E-state index is 12.8. The van der Waals surface area contributed by atoms with Crippen LogP contribution in [0.3, 0.4) is 0 Å². The Labute approximate surface area is 182 Å². The van der Waals surface area contributed by atoms with Gasteiger partial charge in [0.1, 0.15) is 0 Å². The van der Waals surface area contributed by atoms with Gasteiger partial charge in [-0.25, -0.2) is 13.1 Å². The number of carbonyl (C=O) groups is 1. The molecule has 0 unspecified atom stereocenters. The fourth-order valence-corrected chi connectivity index (χ4v) is 5.03. The minimum Gasteiger partial charge on any atom is -0.385 e. The van der Waals surface area contributed by atoms with Gasteiger partial charge in [-0.3, -0.25) is 4.79 Å². The Morgan fingerprint density at radius 2 is 1.50 bits per heavy atom. The van der Waals surface area contributed by atoms with Crippen molar-refractivity contribution >= 4 is 21.6 Å². The van der Waals surface area contributed by atoms with Crippen LogP contribution < -0.4 is 10.0 Å². The topological polar surface area (TPSA) is 78.5 Å². The minimum atomic E-state index is -3.20. The van der Waals surface area contributed by atoms with Gasteiger partial charge >= 0.3 is 0 Å². The highest BCUT2D eigenvalue weighted by molar-refractivity contribution is 7.90. The van der Waals surface area contributed by atoms with E-state index < -0.39 is 10.0 Å². The van der Waals surface area contributed by atoms with Gasteiger partial charge < -0.3 is 10.2 Å². The lowest BCUT2D eigenvalue weighted by Crippen LogP contribution is -2.42. The van der Waals surface area contributed by atoms with Crippen LogP contribution in [0.1, 0.15) is 77.6 Å². The first-order valence-electron chi connectivity index (χ1n) is 11.2. The molecule has 0 aromatic heterocycles. The number of sulfonamides is 1. The molecule has 2 N–H and O–H groups in total. The lowest BCUT2D eigenvalue weighted by molar-refractivity contribution is 0.0643. The second kappa shape index (κ2) is 10.6. The number of carbonyl (C=O) groups excluding carboxylic acids is 1. The molecule has 0 spiro atoms. The number of hydrogen-bond donors (Lipinski definition) is 2. The second-order valence-corrected chi connectivity index (χ2v) is 11.6.